The van der Waals surface area contributed by atoms with E-state index in [4.69, 9.17) is 0 Å². The molecule has 0 bridgehead atoms. The Hall–Kier alpha value is -0.0800. The Balaban J connectivity index is 2.29. The van der Waals surface area contributed by atoms with Crippen LogP contribution in [0.4, 0.5) is 0 Å². The number of nitrogens with zero attached hydrogens (tertiary/aromatic N) is 1. The summed E-state index contributed by atoms with van der Waals surface area (Å²) in [6, 6.07) is 0.819. The highest BCUT2D eigenvalue weighted by atomic mass is 15.2. The highest BCUT2D eigenvalue weighted by molar-refractivity contribution is 4.83. The molecule has 2 nitrogen and oxygen atoms in total. The summed E-state index contributed by atoms with van der Waals surface area (Å²) in [5, 5.41) is 3.63. The van der Waals surface area contributed by atoms with Crippen LogP contribution in [0.3, 0.4) is 0 Å². The van der Waals surface area contributed by atoms with Gasteiger partial charge in [0.05, 0.1) is 0 Å². The molecule has 1 atom stereocenters. The third-order valence-electron chi connectivity index (χ3n) is 3.70. The van der Waals surface area contributed by atoms with E-state index < -0.39 is 0 Å². The molecule has 0 radical (unpaired) electrons. The highest BCUT2D eigenvalue weighted by Crippen LogP contribution is 2.21. The molecule has 0 aromatic carbocycles. The summed E-state index contributed by atoms with van der Waals surface area (Å²) >= 11 is 0. The van der Waals surface area contributed by atoms with Gasteiger partial charge in [-0.1, -0.05) is 13.8 Å². The van der Waals surface area contributed by atoms with Crippen molar-refractivity contribution in [3.63, 3.8) is 0 Å². The minimum atomic E-state index is 0.266. The van der Waals surface area contributed by atoms with Crippen LogP contribution in [0.1, 0.15) is 53.9 Å². The Morgan fingerprint density at radius 1 is 1.25 bits per heavy atom. The fourth-order valence-electron chi connectivity index (χ4n) is 2.62. The van der Waals surface area contributed by atoms with Crippen LogP contribution in [-0.2, 0) is 0 Å². The van der Waals surface area contributed by atoms with Gasteiger partial charge < -0.3 is 10.2 Å². The van der Waals surface area contributed by atoms with E-state index in [-0.39, 0.29) is 5.54 Å². The van der Waals surface area contributed by atoms with Gasteiger partial charge in [-0.2, -0.15) is 0 Å². The molecule has 1 saturated heterocycles. The molecule has 0 amide bonds. The van der Waals surface area contributed by atoms with Crippen molar-refractivity contribution in [1.29, 1.82) is 0 Å². The smallest absolute Gasteiger partial charge is 0.00966 e. The fourth-order valence-corrected chi connectivity index (χ4v) is 2.62. The Kier molecular flexibility index (Phi) is 5.26. The van der Waals surface area contributed by atoms with Gasteiger partial charge in [0.15, 0.2) is 0 Å². The predicted octanol–water partition coefficient (Wildman–Crippen LogP) is 2.89. The SMILES string of the molecule is CCC(CC)N1CCC(CNC(C)(C)C)C1. The number of hydrogen-bond donors (Lipinski definition) is 1. The molecule has 0 saturated carbocycles. The highest BCUT2D eigenvalue weighted by Gasteiger charge is 2.26. The summed E-state index contributed by atoms with van der Waals surface area (Å²) in [5.41, 5.74) is 0.266. The average molecular weight is 226 g/mol. The summed E-state index contributed by atoms with van der Waals surface area (Å²) in [6.45, 7) is 15.2. The van der Waals surface area contributed by atoms with Crippen molar-refractivity contribution >= 4 is 0 Å². The van der Waals surface area contributed by atoms with Crippen molar-refractivity contribution in [2.24, 2.45) is 5.92 Å². The van der Waals surface area contributed by atoms with E-state index in [1.807, 2.05) is 0 Å². The molecule has 1 heterocycles. The van der Waals surface area contributed by atoms with Gasteiger partial charge in [0.25, 0.3) is 0 Å². The van der Waals surface area contributed by atoms with E-state index in [2.05, 4.69) is 44.8 Å². The second-order valence-electron chi connectivity index (χ2n) is 6.25. The Bertz CT molecular complexity index is 191. The van der Waals surface area contributed by atoms with Crippen molar-refractivity contribution in [2.45, 2.75) is 65.5 Å². The molecular weight excluding hydrogens is 196 g/mol. The zero-order valence-corrected chi connectivity index (χ0v) is 11.8. The maximum atomic E-state index is 3.63. The molecule has 0 aromatic heterocycles. The van der Waals surface area contributed by atoms with Gasteiger partial charge in [-0.15, -0.1) is 0 Å². The molecule has 2 heteroatoms. The lowest BCUT2D eigenvalue weighted by atomic mass is 10.1. The van der Waals surface area contributed by atoms with Gasteiger partial charge in [0.2, 0.25) is 0 Å². The van der Waals surface area contributed by atoms with Crippen molar-refractivity contribution < 1.29 is 0 Å². The number of hydrogen-bond acceptors (Lipinski definition) is 2. The van der Waals surface area contributed by atoms with Crippen LogP contribution in [0.25, 0.3) is 0 Å². The average Bonchev–Trinajstić information content (AvgIpc) is 2.65. The standard InChI is InChI=1S/C14H30N2/c1-6-13(7-2)16-9-8-12(11-16)10-15-14(3,4)5/h12-13,15H,6-11H2,1-5H3. The Morgan fingerprint density at radius 3 is 2.38 bits per heavy atom. The largest absolute Gasteiger partial charge is 0.312 e. The van der Waals surface area contributed by atoms with E-state index in [1.54, 1.807) is 0 Å². The summed E-state index contributed by atoms with van der Waals surface area (Å²) in [5.74, 6) is 0.861. The number of nitrogens with one attached hydrogen (secondary N) is 1. The summed E-state index contributed by atoms with van der Waals surface area (Å²) in [4.78, 5) is 2.69. The molecular formula is C14H30N2. The fraction of sp³-hybridized carbons (Fsp3) is 1.00. The van der Waals surface area contributed by atoms with Crippen molar-refractivity contribution in [1.82, 2.24) is 10.2 Å². The lowest BCUT2D eigenvalue weighted by molar-refractivity contribution is 0.219. The van der Waals surface area contributed by atoms with E-state index in [9.17, 15) is 0 Å². The third kappa shape index (κ3) is 4.42. The summed E-state index contributed by atoms with van der Waals surface area (Å²) in [6.07, 6.45) is 3.98. The summed E-state index contributed by atoms with van der Waals surface area (Å²) < 4.78 is 0. The van der Waals surface area contributed by atoms with E-state index >= 15 is 0 Å². The van der Waals surface area contributed by atoms with E-state index in [1.165, 1.54) is 38.9 Å². The molecule has 1 N–H and O–H groups in total. The lowest BCUT2D eigenvalue weighted by Crippen LogP contribution is -2.40. The monoisotopic (exact) mass is 226 g/mol. The van der Waals surface area contributed by atoms with Crippen LogP contribution in [0.5, 0.6) is 0 Å². The minimum absolute atomic E-state index is 0.266. The third-order valence-corrected chi connectivity index (χ3v) is 3.70. The van der Waals surface area contributed by atoms with Crippen LogP contribution in [0.2, 0.25) is 0 Å². The molecule has 1 fully saturated rings. The minimum Gasteiger partial charge on any atom is -0.312 e. The van der Waals surface area contributed by atoms with E-state index in [0.717, 1.165) is 12.0 Å². The Labute approximate surface area is 102 Å². The van der Waals surface area contributed by atoms with Crippen molar-refractivity contribution in [2.75, 3.05) is 19.6 Å². The normalized spacial score (nSPS) is 23.2. The maximum absolute atomic E-state index is 3.63. The molecule has 0 aliphatic carbocycles. The molecule has 0 aromatic rings. The molecule has 96 valence electrons. The Morgan fingerprint density at radius 2 is 1.88 bits per heavy atom. The second-order valence-corrected chi connectivity index (χ2v) is 6.25. The molecule has 1 rings (SSSR count). The van der Waals surface area contributed by atoms with Crippen molar-refractivity contribution in [3.8, 4) is 0 Å². The van der Waals surface area contributed by atoms with Gasteiger partial charge in [-0.05, 0) is 59.0 Å². The van der Waals surface area contributed by atoms with Crippen LogP contribution in [0.15, 0.2) is 0 Å². The predicted molar refractivity (Wildman–Crippen MR) is 71.8 cm³/mol. The first-order valence-corrected chi connectivity index (χ1v) is 6.95. The van der Waals surface area contributed by atoms with Crippen LogP contribution in [-0.4, -0.2) is 36.1 Å². The molecule has 1 aliphatic heterocycles. The molecule has 1 unspecified atom stereocenters. The quantitative estimate of drug-likeness (QED) is 0.775. The maximum Gasteiger partial charge on any atom is 0.00966 e. The first kappa shape index (κ1) is 14.0. The molecule has 16 heavy (non-hydrogen) atoms. The molecule has 1 aliphatic rings. The van der Waals surface area contributed by atoms with Gasteiger partial charge >= 0.3 is 0 Å². The zero-order valence-electron chi connectivity index (χ0n) is 11.8. The van der Waals surface area contributed by atoms with Gasteiger partial charge in [0.1, 0.15) is 0 Å². The van der Waals surface area contributed by atoms with Gasteiger partial charge in [-0.25, -0.2) is 0 Å². The van der Waals surface area contributed by atoms with Crippen LogP contribution < -0.4 is 5.32 Å². The number of likely N-dealkylation sites (tertiary alicyclic amines) is 1. The summed E-state index contributed by atoms with van der Waals surface area (Å²) in [7, 11) is 0. The second kappa shape index (κ2) is 6.02. The number of rotatable bonds is 5. The van der Waals surface area contributed by atoms with Crippen LogP contribution >= 0.6 is 0 Å². The van der Waals surface area contributed by atoms with Gasteiger partial charge in [0, 0.05) is 18.1 Å². The first-order valence-electron chi connectivity index (χ1n) is 6.95. The lowest BCUT2D eigenvalue weighted by Gasteiger charge is -2.27. The van der Waals surface area contributed by atoms with E-state index in [0.29, 0.717) is 0 Å². The van der Waals surface area contributed by atoms with Gasteiger partial charge in [-0.3, -0.25) is 0 Å². The van der Waals surface area contributed by atoms with Crippen molar-refractivity contribution in [3.05, 3.63) is 0 Å². The first-order chi connectivity index (χ1) is 7.46. The zero-order chi connectivity index (χ0) is 12.2. The molecule has 0 spiro atoms. The van der Waals surface area contributed by atoms with Crippen LogP contribution in [0, 0.1) is 5.92 Å². The topological polar surface area (TPSA) is 15.3 Å².